The second-order valence-electron chi connectivity index (χ2n) is 2.48. The Hall–Kier alpha value is -1.29. The first-order valence-electron chi connectivity index (χ1n) is 3.82. The zero-order valence-corrected chi connectivity index (χ0v) is 8.50. The number of carboxylic acid groups (broad SMARTS) is 1. The van der Waals surface area contributed by atoms with E-state index in [0.717, 1.165) is 6.08 Å². The molecule has 0 atom stereocenters. The molecule has 0 rings (SSSR count). The maximum absolute atomic E-state index is 11.0. The molecule has 5 heteroatoms. The number of rotatable bonds is 5. The van der Waals surface area contributed by atoms with Crippen LogP contribution in [0.25, 0.3) is 0 Å². The van der Waals surface area contributed by atoms with Crippen molar-refractivity contribution < 1.29 is 19.4 Å². The molecule has 0 aromatic carbocycles. The third-order valence-corrected chi connectivity index (χ3v) is 1.45. The van der Waals surface area contributed by atoms with Gasteiger partial charge in [-0.15, -0.1) is 11.6 Å². The van der Waals surface area contributed by atoms with Gasteiger partial charge in [-0.3, -0.25) is 0 Å². The van der Waals surface area contributed by atoms with E-state index in [1.54, 1.807) is 0 Å². The molecule has 0 aromatic rings. The van der Waals surface area contributed by atoms with Crippen molar-refractivity contribution in [3.63, 3.8) is 0 Å². The normalized spacial score (nSPS) is 10.9. The quantitative estimate of drug-likeness (QED) is 0.328. The van der Waals surface area contributed by atoms with Gasteiger partial charge in [-0.25, -0.2) is 9.59 Å². The number of carbonyl (C=O) groups is 2. The van der Waals surface area contributed by atoms with E-state index in [4.69, 9.17) is 16.7 Å². The van der Waals surface area contributed by atoms with Crippen molar-refractivity contribution in [3.05, 3.63) is 23.8 Å². The highest BCUT2D eigenvalue weighted by Gasteiger charge is 2.08. The number of halogens is 1. The van der Waals surface area contributed by atoms with Crippen LogP contribution in [0.3, 0.4) is 0 Å². The molecular formula is C9H11ClO4. The molecule has 0 aliphatic rings. The van der Waals surface area contributed by atoms with Gasteiger partial charge in [0.15, 0.2) is 0 Å². The number of alkyl halides is 1. The maximum Gasteiger partial charge on any atom is 0.337 e. The van der Waals surface area contributed by atoms with Gasteiger partial charge < -0.3 is 9.84 Å². The van der Waals surface area contributed by atoms with Crippen LogP contribution in [0, 0.1) is 0 Å². The van der Waals surface area contributed by atoms with E-state index in [1.807, 2.05) is 0 Å². The average molecular weight is 219 g/mol. The first-order valence-corrected chi connectivity index (χ1v) is 4.36. The Kier molecular flexibility index (Phi) is 5.64. The molecule has 0 fully saturated rings. The summed E-state index contributed by atoms with van der Waals surface area (Å²) in [5, 5.41) is 8.51. The Bertz CT molecular complexity index is 281. The van der Waals surface area contributed by atoms with E-state index in [-0.39, 0.29) is 23.6 Å². The van der Waals surface area contributed by atoms with Crippen LogP contribution < -0.4 is 0 Å². The van der Waals surface area contributed by atoms with Crippen molar-refractivity contribution in [2.75, 3.05) is 12.5 Å². The molecule has 0 saturated heterocycles. The van der Waals surface area contributed by atoms with Gasteiger partial charge in [-0.1, -0.05) is 6.58 Å². The van der Waals surface area contributed by atoms with Crippen LogP contribution in [-0.4, -0.2) is 29.5 Å². The van der Waals surface area contributed by atoms with E-state index in [0.29, 0.717) is 0 Å². The molecule has 0 aliphatic carbocycles. The molecule has 0 saturated carbocycles. The Morgan fingerprint density at radius 1 is 1.57 bits per heavy atom. The molecule has 4 nitrogen and oxygen atoms in total. The Morgan fingerprint density at radius 3 is 2.57 bits per heavy atom. The summed E-state index contributed by atoms with van der Waals surface area (Å²) in [6.07, 6.45) is 1.15. The second kappa shape index (κ2) is 6.21. The SMILES string of the molecule is C=C(C=C(C)C(=O)O)C(=O)OCCCl. The van der Waals surface area contributed by atoms with Gasteiger partial charge >= 0.3 is 11.9 Å². The van der Waals surface area contributed by atoms with Gasteiger partial charge in [0, 0.05) is 5.57 Å². The maximum atomic E-state index is 11.0. The van der Waals surface area contributed by atoms with Crippen LogP contribution in [0.4, 0.5) is 0 Å². The first-order chi connectivity index (χ1) is 6.49. The molecule has 1 N–H and O–H groups in total. The summed E-state index contributed by atoms with van der Waals surface area (Å²) in [5.74, 6) is -1.57. The molecule has 0 aromatic heterocycles. The number of hydrogen-bond donors (Lipinski definition) is 1. The molecule has 78 valence electrons. The molecule has 0 spiro atoms. The summed E-state index contributed by atoms with van der Waals surface area (Å²) in [6.45, 7) is 4.82. The first kappa shape index (κ1) is 12.7. The Morgan fingerprint density at radius 2 is 2.14 bits per heavy atom. The molecule has 14 heavy (non-hydrogen) atoms. The Labute approximate surface area is 86.8 Å². The second-order valence-corrected chi connectivity index (χ2v) is 2.86. The van der Waals surface area contributed by atoms with Crippen molar-refractivity contribution in [1.82, 2.24) is 0 Å². The van der Waals surface area contributed by atoms with E-state index >= 15 is 0 Å². The molecule has 0 heterocycles. The zero-order chi connectivity index (χ0) is 11.1. The lowest BCUT2D eigenvalue weighted by atomic mass is 10.2. The van der Waals surface area contributed by atoms with Crippen molar-refractivity contribution in [2.45, 2.75) is 6.92 Å². The highest BCUT2D eigenvalue weighted by molar-refractivity contribution is 6.18. The number of carbonyl (C=O) groups excluding carboxylic acids is 1. The number of carboxylic acids is 1. The summed E-state index contributed by atoms with van der Waals surface area (Å²) in [7, 11) is 0. The van der Waals surface area contributed by atoms with Gasteiger partial charge in [0.05, 0.1) is 11.5 Å². The predicted octanol–water partition coefficient (Wildman–Crippen LogP) is 1.36. The smallest absolute Gasteiger partial charge is 0.337 e. The van der Waals surface area contributed by atoms with Crippen LogP contribution in [-0.2, 0) is 14.3 Å². The number of aliphatic carboxylic acids is 1. The van der Waals surface area contributed by atoms with E-state index in [2.05, 4.69) is 11.3 Å². The summed E-state index contributed by atoms with van der Waals surface area (Å²) in [4.78, 5) is 21.4. The third-order valence-electron chi connectivity index (χ3n) is 1.30. The zero-order valence-electron chi connectivity index (χ0n) is 7.75. The fourth-order valence-corrected chi connectivity index (χ4v) is 0.683. The van der Waals surface area contributed by atoms with Gasteiger partial charge in [0.1, 0.15) is 6.61 Å². The predicted molar refractivity (Wildman–Crippen MR) is 52.2 cm³/mol. The van der Waals surface area contributed by atoms with Crippen molar-refractivity contribution >= 4 is 23.5 Å². The lowest BCUT2D eigenvalue weighted by Gasteiger charge is -2.01. The number of esters is 1. The van der Waals surface area contributed by atoms with Crippen LogP contribution in [0.2, 0.25) is 0 Å². The summed E-state index contributed by atoms with van der Waals surface area (Å²) in [6, 6.07) is 0. The molecule has 0 aliphatic heterocycles. The Balaban J connectivity index is 4.27. The topological polar surface area (TPSA) is 63.6 Å². The standard InChI is InChI=1S/C9H11ClO4/c1-6(8(11)12)5-7(2)9(13)14-4-3-10/h5H,2-4H2,1H3,(H,11,12). The lowest BCUT2D eigenvalue weighted by Crippen LogP contribution is -2.08. The van der Waals surface area contributed by atoms with Crippen LogP contribution >= 0.6 is 11.6 Å². The lowest BCUT2D eigenvalue weighted by molar-refractivity contribution is -0.138. The summed E-state index contributed by atoms with van der Waals surface area (Å²) >= 11 is 5.29. The molecule has 0 amide bonds. The van der Waals surface area contributed by atoms with Crippen LogP contribution in [0.5, 0.6) is 0 Å². The minimum Gasteiger partial charge on any atom is -0.478 e. The van der Waals surface area contributed by atoms with E-state index < -0.39 is 11.9 Å². The van der Waals surface area contributed by atoms with E-state index in [1.165, 1.54) is 6.92 Å². The number of hydrogen-bond acceptors (Lipinski definition) is 3. The minimum absolute atomic E-state index is 0.00461. The highest BCUT2D eigenvalue weighted by atomic mass is 35.5. The van der Waals surface area contributed by atoms with Crippen molar-refractivity contribution in [2.24, 2.45) is 0 Å². The fraction of sp³-hybridized carbons (Fsp3) is 0.333. The third kappa shape index (κ3) is 4.67. The fourth-order valence-electron chi connectivity index (χ4n) is 0.606. The van der Waals surface area contributed by atoms with E-state index in [9.17, 15) is 9.59 Å². The minimum atomic E-state index is -1.10. The molecular weight excluding hydrogens is 208 g/mol. The monoisotopic (exact) mass is 218 g/mol. The van der Waals surface area contributed by atoms with Gasteiger partial charge in [0.2, 0.25) is 0 Å². The molecule has 0 radical (unpaired) electrons. The highest BCUT2D eigenvalue weighted by Crippen LogP contribution is 2.02. The van der Waals surface area contributed by atoms with Gasteiger partial charge in [-0.2, -0.15) is 0 Å². The number of ether oxygens (including phenoxy) is 1. The molecule has 0 unspecified atom stereocenters. The summed E-state index contributed by atoms with van der Waals surface area (Å²) in [5.41, 5.74) is 0.0211. The largest absolute Gasteiger partial charge is 0.478 e. The molecule has 0 bridgehead atoms. The van der Waals surface area contributed by atoms with Crippen LogP contribution in [0.15, 0.2) is 23.8 Å². The average Bonchev–Trinajstić information content (AvgIpc) is 2.13. The van der Waals surface area contributed by atoms with Gasteiger partial charge in [-0.05, 0) is 13.0 Å². The van der Waals surface area contributed by atoms with Gasteiger partial charge in [0.25, 0.3) is 0 Å². The van der Waals surface area contributed by atoms with Crippen molar-refractivity contribution in [3.8, 4) is 0 Å². The van der Waals surface area contributed by atoms with Crippen molar-refractivity contribution in [1.29, 1.82) is 0 Å². The van der Waals surface area contributed by atoms with Crippen LogP contribution in [0.1, 0.15) is 6.92 Å². The summed E-state index contributed by atoms with van der Waals surface area (Å²) < 4.78 is 4.63.